The van der Waals surface area contributed by atoms with Crippen LogP contribution in [-0.2, 0) is 9.59 Å². The molecule has 1 aliphatic heterocycles. The Morgan fingerprint density at radius 1 is 1.36 bits per heavy atom. The van der Waals surface area contributed by atoms with Crippen molar-refractivity contribution in [1.82, 2.24) is 14.8 Å². The molecule has 3 N–H and O–H groups in total. The minimum atomic E-state index is -1.07. The lowest BCUT2D eigenvalue weighted by Crippen LogP contribution is -2.99. The summed E-state index contributed by atoms with van der Waals surface area (Å²) >= 11 is 5.04. The smallest absolute Gasteiger partial charge is 0.266 e. The predicted molar refractivity (Wildman–Crippen MR) is 107 cm³/mol. The number of rotatable bonds is 5. The molecule has 9 heteroatoms. The van der Waals surface area contributed by atoms with Crippen LogP contribution in [0.15, 0.2) is 54.8 Å². The van der Waals surface area contributed by atoms with E-state index in [0.29, 0.717) is 11.4 Å². The second kappa shape index (κ2) is 7.87. The van der Waals surface area contributed by atoms with E-state index < -0.39 is 17.0 Å². The zero-order chi connectivity index (χ0) is 20.4. The molecule has 1 fully saturated rings. The molecule has 0 spiro atoms. The van der Waals surface area contributed by atoms with Crippen LogP contribution in [0.4, 0.5) is 5.69 Å². The Balaban J connectivity index is 2.07. The van der Waals surface area contributed by atoms with Gasteiger partial charge in [-0.15, -0.1) is 6.58 Å². The third-order valence-corrected chi connectivity index (χ3v) is 4.53. The summed E-state index contributed by atoms with van der Waals surface area (Å²) in [6.07, 6.45) is 4.59. The van der Waals surface area contributed by atoms with Crippen molar-refractivity contribution in [1.29, 1.82) is 0 Å². The summed E-state index contributed by atoms with van der Waals surface area (Å²) in [7, 11) is 0. The van der Waals surface area contributed by atoms with Crippen molar-refractivity contribution in [3.05, 3.63) is 71.2 Å². The SMILES string of the molecule is C=CCN1C(=O)/C(=C\c2cccn2-c2ccc(C)cc2[NH+]([O-])O)C(=O)NC1=S. The van der Waals surface area contributed by atoms with E-state index in [4.69, 9.17) is 12.2 Å². The van der Waals surface area contributed by atoms with Gasteiger partial charge in [-0.3, -0.25) is 19.8 Å². The zero-order valence-electron chi connectivity index (χ0n) is 15.0. The van der Waals surface area contributed by atoms with Crippen LogP contribution in [0.3, 0.4) is 0 Å². The Morgan fingerprint density at radius 2 is 2.11 bits per heavy atom. The number of nitrogens with zero attached hydrogens (tertiary/aromatic N) is 2. The standard InChI is InChI=1S/C19H18N4O4S/c1-3-8-22-18(25)14(17(24)20-19(22)28)11-13-5-4-9-21(13)15-7-6-12(2)10-16(15)23(26)27/h3-7,9-11,23,26H,1,8H2,2H3,(H,20,24,28)/b14-11-. The van der Waals surface area contributed by atoms with Gasteiger partial charge in [0, 0.05) is 24.5 Å². The van der Waals surface area contributed by atoms with Gasteiger partial charge in [0.2, 0.25) is 0 Å². The molecular formula is C19H18N4O4S. The number of hydrogen-bond donors (Lipinski definition) is 3. The molecule has 1 aliphatic rings. The Labute approximate surface area is 166 Å². The average molecular weight is 398 g/mol. The maximum atomic E-state index is 12.7. The van der Waals surface area contributed by atoms with Crippen LogP contribution in [0.5, 0.6) is 0 Å². The largest absolute Gasteiger partial charge is 0.595 e. The summed E-state index contributed by atoms with van der Waals surface area (Å²) in [5, 5.41) is 22.6. The number of nitrogens with one attached hydrogen (secondary N) is 2. The molecule has 8 nitrogen and oxygen atoms in total. The Bertz CT molecular complexity index is 1010. The van der Waals surface area contributed by atoms with Gasteiger partial charge in [0.25, 0.3) is 11.8 Å². The topological polar surface area (TPSA) is 102 Å². The highest BCUT2D eigenvalue weighted by Gasteiger charge is 2.32. The summed E-state index contributed by atoms with van der Waals surface area (Å²) in [5.41, 5.74) is 1.74. The molecular weight excluding hydrogens is 380 g/mol. The minimum absolute atomic E-state index is 0.0223. The number of thiocarbonyl (C=S) groups is 1. The van der Waals surface area contributed by atoms with Crippen LogP contribution in [0.25, 0.3) is 11.8 Å². The van der Waals surface area contributed by atoms with Crippen LogP contribution >= 0.6 is 12.2 Å². The van der Waals surface area contributed by atoms with Crippen LogP contribution in [0.1, 0.15) is 11.3 Å². The van der Waals surface area contributed by atoms with Gasteiger partial charge in [-0.25, -0.2) is 5.21 Å². The number of aryl methyl sites for hydroxylation is 1. The summed E-state index contributed by atoms with van der Waals surface area (Å²) in [4.78, 5) is 26.2. The number of aromatic nitrogens is 1. The molecule has 1 saturated heterocycles. The van der Waals surface area contributed by atoms with Crippen molar-refractivity contribution in [2.24, 2.45) is 0 Å². The first-order valence-electron chi connectivity index (χ1n) is 8.35. The fourth-order valence-corrected chi connectivity index (χ4v) is 3.15. The highest BCUT2D eigenvalue weighted by Crippen LogP contribution is 2.23. The predicted octanol–water partition coefficient (Wildman–Crippen LogP) is 1.00. The number of carbonyl (C=O) groups is 2. The maximum absolute atomic E-state index is 12.7. The van der Waals surface area contributed by atoms with Gasteiger partial charge >= 0.3 is 0 Å². The molecule has 1 unspecified atom stereocenters. The second-order valence-electron chi connectivity index (χ2n) is 6.15. The Morgan fingerprint density at radius 3 is 2.79 bits per heavy atom. The fraction of sp³-hybridized carbons (Fsp3) is 0.105. The molecule has 1 aromatic carbocycles. The Hall–Kier alpha value is -3.11. The van der Waals surface area contributed by atoms with E-state index in [2.05, 4.69) is 11.9 Å². The molecule has 144 valence electrons. The summed E-state index contributed by atoms with van der Waals surface area (Å²) in [6.45, 7) is 5.55. The first-order valence-corrected chi connectivity index (χ1v) is 8.75. The molecule has 28 heavy (non-hydrogen) atoms. The fourth-order valence-electron chi connectivity index (χ4n) is 2.90. The van der Waals surface area contributed by atoms with Gasteiger partial charge in [0.05, 0.1) is 0 Å². The molecule has 2 heterocycles. The number of benzene rings is 1. The third-order valence-electron chi connectivity index (χ3n) is 4.21. The lowest BCUT2D eigenvalue weighted by atomic mass is 10.1. The van der Waals surface area contributed by atoms with Gasteiger partial charge in [-0.2, -0.15) is 5.23 Å². The lowest BCUT2D eigenvalue weighted by molar-refractivity contribution is -0.991. The molecule has 1 aromatic heterocycles. The average Bonchev–Trinajstić information content (AvgIpc) is 3.10. The molecule has 0 bridgehead atoms. The van der Waals surface area contributed by atoms with E-state index in [1.165, 1.54) is 17.1 Å². The summed E-state index contributed by atoms with van der Waals surface area (Å²) in [5.74, 6) is -1.14. The highest BCUT2D eigenvalue weighted by atomic mass is 32.1. The minimum Gasteiger partial charge on any atom is -0.595 e. The highest BCUT2D eigenvalue weighted by molar-refractivity contribution is 7.80. The van der Waals surface area contributed by atoms with Crippen molar-refractivity contribution >= 4 is 40.9 Å². The summed E-state index contributed by atoms with van der Waals surface area (Å²) < 4.78 is 1.61. The van der Waals surface area contributed by atoms with Crippen molar-refractivity contribution in [3.8, 4) is 5.69 Å². The maximum Gasteiger partial charge on any atom is 0.266 e. The zero-order valence-corrected chi connectivity index (χ0v) is 15.8. The molecule has 0 aliphatic carbocycles. The monoisotopic (exact) mass is 398 g/mol. The molecule has 0 radical (unpaired) electrons. The second-order valence-corrected chi connectivity index (χ2v) is 6.54. The summed E-state index contributed by atoms with van der Waals surface area (Å²) in [6, 6.07) is 8.43. The van der Waals surface area contributed by atoms with Crippen molar-refractivity contribution in [2.75, 3.05) is 6.54 Å². The van der Waals surface area contributed by atoms with Gasteiger partial charge in [0.1, 0.15) is 11.3 Å². The van der Waals surface area contributed by atoms with E-state index in [0.717, 1.165) is 5.56 Å². The van der Waals surface area contributed by atoms with Gasteiger partial charge in [-0.1, -0.05) is 12.1 Å². The first kappa shape index (κ1) is 19.6. The molecule has 1 atom stereocenters. The lowest BCUT2D eigenvalue weighted by Gasteiger charge is -2.27. The van der Waals surface area contributed by atoms with Crippen molar-refractivity contribution in [3.63, 3.8) is 0 Å². The van der Waals surface area contributed by atoms with Gasteiger partial charge in [0.15, 0.2) is 10.8 Å². The van der Waals surface area contributed by atoms with Crippen molar-refractivity contribution in [2.45, 2.75) is 6.92 Å². The molecule has 0 saturated carbocycles. The van der Waals surface area contributed by atoms with Crippen LogP contribution in [0.2, 0.25) is 0 Å². The number of quaternary nitrogens is 1. The van der Waals surface area contributed by atoms with Gasteiger partial charge in [-0.05, 0) is 49.0 Å². The van der Waals surface area contributed by atoms with Gasteiger partial charge < -0.3 is 9.77 Å². The van der Waals surface area contributed by atoms with E-state index >= 15 is 0 Å². The molecule has 2 amide bonds. The molecule has 3 rings (SSSR count). The number of amides is 2. The van der Waals surface area contributed by atoms with E-state index in [9.17, 15) is 20.0 Å². The van der Waals surface area contributed by atoms with E-state index in [-0.39, 0.29) is 22.9 Å². The first-order chi connectivity index (χ1) is 13.3. The van der Waals surface area contributed by atoms with Crippen molar-refractivity contribution < 1.29 is 20.0 Å². The van der Waals surface area contributed by atoms with Crippen LogP contribution in [-0.4, -0.2) is 38.1 Å². The Kier molecular flexibility index (Phi) is 5.52. The van der Waals surface area contributed by atoms with Crippen LogP contribution < -0.4 is 10.5 Å². The quantitative estimate of drug-likeness (QED) is 0.229. The van der Waals surface area contributed by atoms with Crippen LogP contribution in [0, 0.1) is 12.1 Å². The normalized spacial score (nSPS) is 17.0. The third kappa shape index (κ3) is 3.64. The van der Waals surface area contributed by atoms with E-state index in [1.807, 2.05) is 0 Å². The number of carbonyl (C=O) groups excluding carboxylic acids is 2. The molecule has 2 aromatic rings. The number of hydrogen-bond acceptors (Lipinski definition) is 5. The van der Waals surface area contributed by atoms with E-state index in [1.54, 1.807) is 48.0 Å².